The van der Waals surface area contributed by atoms with E-state index in [1.54, 1.807) is 0 Å². The molecule has 0 fully saturated rings. The first-order valence-corrected chi connectivity index (χ1v) is 3.94. The minimum Gasteiger partial charge on any atom is -0.102 e. The molecule has 12 heavy (non-hydrogen) atoms. The summed E-state index contributed by atoms with van der Waals surface area (Å²) in [6, 6.07) is 0. The molecule has 0 heteroatoms. The summed E-state index contributed by atoms with van der Waals surface area (Å²) in [5.41, 5.74) is 2.18. The van der Waals surface area contributed by atoms with Gasteiger partial charge in [-0.1, -0.05) is 17.9 Å². The molecule has 0 saturated carbocycles. The van der Waals surface area contributed by atoms with Crippen LogP contribution in [0.15, 0.2) is 23.3 Å². The van der Waals surface area contributed by atoms with E-state index in [-0.39, 0.29) is 0 Å². The molecule has 0 aromatic rings. The minimum absolute atomic E-state index is 1.06. The summed E-state index contributed by atoms with van der Waals surface area (Å²) >= 11 is 0. The Kier molecular flexibility index (Phi) is 5.58. The third-order valence-corrected chi connectivity index (χ3v) is 1.41. The van der Waals surface area contributed by atoms with Gasteiger partial charge >= 0.3 is 0 Å². The van der Waals surface area contributed by atoms with Crippen molar-refractivity contribution in [2.24, 2.45) is 0 Å². The van der Waals surface area contributed by atoms with Crippen LogP contribution in [0.5, 0.6) is 0 Å². The Morgan fingerprint density at radius 1 is 1.17 bits per heavy atom. The van der Waals surface area contributed by atoms with E-state index in [2.05, 4.69) is 23.7 Å². The van der Waals surface area contributed by atoms with Gasteiger partial charge in [0.1, 0.15) is 0 Å². The van der Waals surface area contributed by atoms with Crippen LogP contribution in [0, 0.1) is 23.7 Å². The van der Waals surface area contributed by atoms with Crippen LogP contribution in [-0.2, 0) is 0 Å². The molecule has 0 aliphatic heterocycles. The summed E-state index contributed by atoms with van der Waals surface area (Å²) in [5, 5.41) is 0. The molecule has 0 saturated heterocycles. The van der Waals surface area contributed by atoms with Crippen molar-refractivity contribution in [2.45, 2.75) is 27.7 Å². The maximum Gasteiger partial charge on any atom is 0.0238 e. The average molecular weight is 158 g/mol. The third kappa shape index (κ3) is 3.69. The van der Waals surface area contributed by atoms with Gasteiger partial charge in [0.2, 0.25) is 0 Å². The van der Waals surface area contributed by atoms with Crippen LogP contribution in [0.2, 0.25) is 0 Å². The molecule has 0 aromatic heterocycles. The molecular formula is C12H14. The summed E-state index contributed by atoms with van der Waals surface area (Å²) in [5.74, 6) is 11.6. The van der Waals surface area contributed by atoms with Crippen molar-refractivity contribution in [3.8, 4) is 23.7 Å². The van der Waals surface area contributed by atoms with Crippen LogP contribution in [0.25, 0.3) is 0 Å². The van der Waals surface area contributed by atoms with Crippen molar-refractivity contribution < 1.29 is 0 Å². The molecule has 0 radical (unpaired) electrons. The van der Waals surface area contributed by atoms with Gasteiger partial charge in [0.05, 0.1) is 0 Å². The van der Waals surface area contributed by atoms with Gasteiger partial charge in [-0.25, -0.2) is 0 Å². The Bertz CT molecular complexity index is 305. The Morgan fingerprint density at radius 3 is 2.25 bits per heavy atom. The summed E-state index contributed by atoms with van der Waals surface area (Å²) in [6.07, 6.45) is 3.89. The van der Waals surface area contributed by atoms with Crippen molar-refractivity contribution in [3.63, 3.8) is 0 Å². The zero-order valence-corrected chi connectivity index (χ0v) is 8.15. The van der Waals surface area contributed by atoms with Crippen LogP contribution in [0.3, 0.4) is 0 Å². The maximum atomic E-state index is 3.02. The van der Waals surface area contributed by atoms with E-state index in [0.717, 1.165) is 11.1 Å². The molecule has 0 nitrogen and oxygen atoms in total. The van der Waals surface area contributed by atoms with Gasteiger partial charge in [-0.2, -0.15) is 0 Å². The van der Waals surface area contributed by atoms with Crippen LogP contribution >= 0.6 is 0 Å². The molecule has 0 atom stereocenters. The Labute approximate surface area is 75.4 Å². The van der Waals surface area contributed by atoms with Crippen molar-refractivity contribution >= 4 is 0 Å². The monoisotopic (exact) mass is 158 g/mol. The van der Waals surface area contributed by atoms with Gasteiger partial charge in [0.25, 0.3) is 0 Å². The lowest BCUT2D eigenvalue weighted by molar-refractivity contribution is 1.43. The molecule has 0 bridgehead atoms. The molecule has 0 rings (SSSR count). The van der Waals surface area contributed by atoms with Crippen molar-refractivity contribution in [3.05, 3.63) is 23.3 Å². The Hall–Kier alpha value is -1.40. The number of hydrogen-bond donors (Lipinski definition) is 0. The van der Waals surface area contributed by atoms with E-state index in [0.29, 0.717) is 0 Å². The molecule has 0 spiro atoms. The zero-order valence-electron chi connectivity index (χ0n) is 8.15. The second-order valence-electron chi connectivity index (χ2n) is 2.30. The second kappa shape index (κ2) is 6.32. The maximum absolute atomic E-state index is 3.02. The molecular weight excluding hydrogens is 144 g/mol. The standard InChI is InChI=1S/C12H14/c1-5-8-10-11(4)12(7-3)9-6-2/h7,10H,1-4H3/b11-10+,12-7-. The highest BCUT2D eigenvalue weighted by atomic mass is 13.9. The zero-order chi connectivity index (χ0) is 9.40. The summed E-state index contributed by atoms with van der Waals surface area (Å²) in [4.78, 5) is 0. The smallest absolute Gasteiger partial charge is 0.0238 e. The first-order chi connectivity index (χ1) is 5.76. The molecule has 62 valence electrons. The predicted octanol–water partition coefficient (Wildman–Crippen LogP) is 2.93. The third-order valence-electron chi connectivity index (χ3n) is 1.41. The molecule has 0 unspecified atom stereocenters. The van der Waals surface area contributed by atoms with E-state index in [4.69, 9.17) is 0 Å². The van der Waals surface area contributed by atoms with Crippen LogP contribution < -0.4 is 0 Å². The SMILES string of the molecule is CC#C/C=C(C)/C(C#CC)=C\C. The Morgan fingerprint density at radius 2 is 1.83 bits per heavy atom. The number of allylic oxidation sites excluding steroid dienone is 4. The van der Waals surface area contributed by atoms with E-state index in [1.807, 2.05) is 39.8 Å². The molecule has 0 aromatic carbocycles. The molecule has 0 aliphatic rings. The Balaban J connectivity index is 4.69. The van der Waals surface area contributed by atoms with Gasteiger partial charge in [0.15, 0.2) is 0 Å². The van der Waals surface area contributed by atoms with Gasteiger partial charge in [-0.3, -0.25) is 0 Å². The second-order valence-corrected chi connectivity index (χ2v) is 2.30. The van der Waals surface area contributed by atoms with Gasteiger partial charge in [-0.05, 0) is 39.3 Å². The topological polar surface area (TPSA) is 0 Å². The first kappa shape index (κ1) is 10.6. The van der Waals surface area contributed by atoms with E-state index < -0.39 is 0 Å². The summed E-state index contributed by atoms with van der Waals surface area (Å²) < 4.78 is 0. The fourth-order valence-electron chi connectivity index (χ4n) is 0.791. The van der Waals surface area contributed by atoms with Crippen molar-refractivity contribution in [2.75, 3.05) is 0 Å². The normalized spacial score (nSPS) is 11.0. The average Bonchev–Trinajstić information content (AvgIpc) is 2.10. The highest BCUT2D eigenvalue weighted by Gasteiger charge is 1.91. The lowest BCUT2D eigenvalue weighted by Gasteiger charge is -1.94. The molecule has 0 N–H and O–H groups in total. The molecule has 0 amide bonds. The fourth-order valence-corrected chi connectivity index (χ4v) is 0.791. The van der Waals surface area contributed by atoms with Gasteiger partial charge in [0, 0.05) is 5.57 Å². The fraction of sp³-hybridized carbons (Fsp3) is 0.333. The predicted molar refractivity (Wildman–Crippen MR) is 54.4 cm³/mol. The van der Waals surface area contributed by atoms with E-state index in [9.17, 15) is 0 Å². The first-order valence-electron chi connectivity index (χ1n) is 3.94. The highest BCUT2D eigenvalue weighted by molar-refractivity contribution is 5.46. The summed E-state index contributed by atoms with van der Waals surface area (Å²) in [6.45, 7) is 7.66. The quantitative estimate of drug-likeness (QED) is 0.406. The van der Waals surface area contributed by atoms with E-state index in [1.165, 1.54) is 0 Å². The molecule has 0 heterocycles. The number of rotatable bonds is 1. The van der Waals surface area contributed by atoms with E-state index >= 15 is 0 Å². The van der Waals surface area contributed by atoms with Crippen molar-refractivity contribution in [1.82, 2.24) is 0 Å². The van der Waals surface area contributed by atoms with Crippen LogP contribution in [0.1, 0.15) is 27.7 Å². The molecule has 0 aliphatic carbocycles. The lowest BCUT2D eigenvalue weighted by atomic mass is 10.1. The largest absolute Gasteiger partial charge is 0.102 e. The lowest BCUT2D eigenvalue weighted by Crippen LogP contribution is -1.79. The number of hydrogen-bond acceptors (Lipinski definition) is 0. The van der Waals surface area contributed by atoms with Gasteiger partial charge in [-0.15, -0.1) is 11.8 Å². The van der Waals surface area contributed by atoms with Crippen LogP contribution in [0.4, 0.5) is 0 Å². The minimum atomic E-state index is 1.06. The highest BCUT2D eigenvalue weighted by Crippen LogP contribution is 2.06. The van der Waals surface area contributed by atoms with Crippen LogP contribution in [-0.4, -0.2) is 0 Å². The van der Waals surface area contributed by atoms with Crippen molar-refractivity contribution in [1.29, 1.82) is 0 Å². The summed E-state index contributed by atoms with van der Waals surface area (Å²) in [7, 11) is 0. The van der Waals surface area contributed by atoms with Gasteiger partial charge < -0.3 is 0 Å².